The SMILES string of the molecule is COC1(C(=O)N2CC(C)OC(c3ccsc3)C2)CCNCC1. The molecule has 5 nitrogen and oxygen atoms in total. The first-order valence-electron chi connectivity index (χ1n) is 7.87. The number of hydrogen-bond donors (Lipinski definition) is 1. The number of nitrogens with one attached hydrogen (secondary N) is 1. The number of hydrogen-bond acceptors (Lipinski definition) is 5. The van der Waals surface area contributed by atoms with E-state index in [9.17, 15) is 4.79 Å². The van der Waals surface area contributed by atoms with Crippen LogP contribution in [0.3, 0.4) is 0 Å². The van der Waals surface area contributed by atoms with Crippen molar-refractivity contribution in [2.45, 2.75) is 37.6 Å². The summed E-state index contributed by atoms with van der Waals surface area (Å²) in [6.07, 6.45) is 1.47. The van der Waals surface area contributed by atoms with Gasteiger partial charge in [-0.2, -0.15) is 11.3 Å². The van der Waals surface area contributed by atoms with Crippen molar-refractivity contribution in [3.05, 3.63) is 22.4 Å². The molecule has 3 rings (SSSR count). The molecule has 0 aromatic carbocycles. The van der Waals surface area contributed by atoms with E-state index >= 15 is 0 Å². The van der Waals surface area contributed by atoms with Gasteiger partial charge in [-0.15, -0.1) is 0 Å². The topological polar surface area (TPSA) is 50.8 Å². The third-order valence-corrected chi connectivity index (χ3v) is 5.36. The maximum absolute atomic E-state index is 13.1. The minimum absolute atomic E-state index is 0.0328. The molecule has 6 heteroatoms. The Morgan fingerprint density at radius 2 is 2.23 bits per heavy atom. The quantitative estimate of drug-likeness (QED) is 0.921. The monoisotopic (exact) mass is 324 g/mol. The van der Waals surface area contributed by atoms with Gasteiger partial charge < -0.3 is 19.7 Å². The molecule has 2 fully saturated rings. The summed E-state index contributed by atoms with van der Waals surface area (Å²) < 4.78 is 11.7. The summed E-state index contributed by atoms with van der Waals surface area (Å²) in [7, 11) is 1.66. The van der Waals surface area contributed by atoms with Gasteiger partial charge in [-0.1, -0.05) is 0 Å². The van der Waals surface area contributed by atoms with Crippen molar-refractivity contribution in [2.75, 3.05) is 33.3 Å². The Labute approximate surface area is 135 Å². The molecule has 2 aliphatic heterocycles. The summed E-state index contributed by atoms with van der Waals surface area (Å²) >= 11 is 1.66. The zero-order valence-electron chi connectivity index (χ0n) is 13.2. The van der Waals surface area contributed by atoms with Crippen LogP contribution in [0.15, 0.2) is 16.8 Å². The average molecular weight is 324 g/mol. The van der Waals surface area contributed by atoms with E-state index in [-0.39, 0.29) is 18.1 Å². The van der Waals surface area contributed by atoms with Crippen molar-refractivity contribution >= 4 is 17.2 Å². The average Bonchev–Trinajstić information content (AvgIpc) is 3.09. The molecule has 122 valence electrons. The van der Waals surface area contributed by atoms with E-state index in [1.807, 2.05) is 17.2 Å². The Kier molecular flexibility index (Phi) is 4.82. The lowest BCUT2D eigenvalue weighted by molar-refractivity contribution is -0.170. The summed E-state index contributed by atoms with van der Waals surface area (Å²) in [5.41, 5.74) is 0.493. The van der Waals surface area contributed by atoms with Crippen molar-refractivity contribution in [1.82, 2.24) is 10.2 Å². The lowest BCUT2D eigenvalue weighted by atomic mass is 9.90. The predicted molar refractivity (Wildman–Crippen MR) is 86.0 cm³/mol. The van der Waals surface area contributed by atoms with E-state index in [4.69, 9.17) is 9.47 Å². The number of amides is 1. The van der Waals surface area contributed by atoms with Crippen molar-refractivity contribution in [1.29, 1.82) is 0 Å². The van der Waals surface area contributed by atoms with Crippen LogP contribution in [0.1, 0.15) is 31.4 Å². The molecule has 1 aromatic heterocycles. The van der Waals surface area contributed by atoms with Gasteiger partial charge in [0.05, 0.1) is 12.6 Å². The van der Waals surface area contributed by atoms with Crippen LogP contribution in [0.2, 0.25) is 0 Å². The van der Waals surface area contributed by atoms with Crippen LogP contribution in [-0.4, -0.2) is 55.8 Å². The van der Waals surface area contributed by atoms with E-state index in [0.29, 0.717) is 13.1 Å². The molecule has 0 spiro atoms. The highest BCUT2D eigenvalue weighted by Crippen LogP contribution is 2.31. The fourth-order valence-electron chi connectivity index (χ4n) is 3.38. The van der Waals surface area contributed by atoms with Crippen molar-refractivity contribution < 1.29 is 14.3 Å². The molecule has 1 amide bonds. The lowest BCUT2D eigenvalue weighted by Crippen LogP contribution is -2.58. The Morgan fingerprint density at radius 1 is 1.45 bits per heavy atom. The summed E-state index contributed by atoms with van der Waals surface area (Å²) in [6, 6.07) is 2.08. The highest BCUT2D eigenvalue weighted by molar-refractivity contribution is 7.07. The molecule has 2 aliphatic rings. The smallest absolute Gasteiger partial charge is 0.255 e. The molecule has 0 bridgehead atoms. The van der Waals surface area contributed by atoms with Gasteiger partial charge in [0, 0.05) is 13.7 Å². The van der Waals surface area contributed by atoms with Crippen LogP contribution in [0.5, 0.6) is 0 Å². The molecule has 3 heterocycles. The Hall–Kier alpha value is -0.950. The van der Waals surface area contributed by atoms with Crippen molar-refractivity contribution in [3.8, 4) is 0 Å². The minimum atomic E-state index is -0.665. The van der Waals surface area contributed by atoms with E-state index in [1.165, 1.54) is 0 Å². The molecule has 1 aromatic rings. The van der Waals surface area contributed by atoms with Crippen molar-refractivity contribution in [2.24, 2.45) is 0 Å². The number of piperidine rings is 1. The third kappa shape index (κ3) is 3.06. The minimum Gasteiger partial charge on any atom is -0.368 e. The number of rotatable bonds is 3. The number of morpholine rings is 1. The highest BCUT2D eigenvalue weighted by atomic mass is 32.1. The first-order chi connectivity index (χ1) is 10.6. The first kappa shape index (κ1) is 15.9. The maximum atomic E-state index is 13.1. The zero-order valence-corrected chi connectivity index (χ0v) is 14.0. The van der Waals surface area contributed by atoms with E-state index in [0.717, 1.165) is 31.5 Å². The van der Waals surface area contributed by atoms with E-state index in [1.54, 1.807) is 18.4 Å². The van der Waals surface area contributed by atoms with Gasteiger partial charge in [0.15, 0.2) is 0 Å². The number of methoxy groups -OCH3 is 1. The van der Waals surface area contributed by atoms with E-state index in [2.05, 4.69) is 16.8 Å². The third-order valence-electron chi connectivity index (χ3n) is 4.65. The van der Waals surface area contributed by atoms with Gasteiger partial charge >= 0.3 is 0 Å². The van der Waals surface area contributed by atoms with Crippen LogP contribution in [-0.2, 0) is 14.3 Å². The fraction of sp³-hybridized carbons (Fsp3) is 0.688. The summed E-state index contributed by atoms with van der Waals surface area (Å²) in [6.45, 7) is 4.93. The van der Waals surface area contributed by atoms with Gasteiger partial charge in [0.1, 0.15) is 11.7 Å². The van der Waals surface area contributed by atoms with Gasteiger partial charge in [0.2, 0.25) is 0 Å². The first-order valence-corrected chi connectivity index (χ1v) is 8.82. The second kappa shape index (κ2) is 6.66. The van der Waals surface area contributed by atoms with Crippen LogP contribution in [0, 0.1) is 0 Å². The number of nitrogens with zero attached hydrogens (tertiary/aromatic N) is 1. The largest absolute Gasteiger partial charge is 0.368 e. The Balaban J connectivity index is 1.76. The zero-order chi connectivity index (χ0) is 15.6. The molecular formula is C16H24N2O3S. The molecule has 2 unspecified atom stereocenters. The van der Waals surface area contributed by atoms with Gasteiger partial charge in [-0.3, -0.25) is 4.79 Å². The fourth-order valence-corrected chi connectivity index (χ4v) is 4.09. The summed E-state index contributed by atoms with van der Waals surface area (Å²) in [5.74, 6) is 0.117. The number of carbonyl (C=O) groups is 1. The van der Waals surface area contributed by atoms with Crippen molar-refractivity contribution in [3.63, 3.8) is 0 Å². The van der Waals surface area contributed by atoms with E-state index < -0.39 is 5.60 Å². The van der Waals surface area contributed by atoms with Gasteiger partial charge in [0.25, 0.3) is 5.91 Å². The van der Waals surface area contributed by atoms with Crippen LogP contribution in [0.25, 0.3) is 0 Å². The number of carbonyl (C=O) groups excluding carboxylic acids is 1. The predicted octanol–water partition coefficient (Wildman–Crippen LogP) is 1.81. The van der Waals surface area contributed by atoms with Gasteiger partial charge in [-0.25, -0.2) is 0 Å². The van der Waals surface area contributed by atoms with Crippen LogP contribution >= 0.6 is 11.3 Å². The standard InChI is InChI=1S/C16H24N2O3S/c1-12-9-18(10-14(21-12)13-3-8-22-11-13)15(19)16(20-2)4-6-17-7-5-16/h3,8,11-12,14,17H,4-7,9-10H2,1-2H3. The molecule has 2 atom stereocenters. The summed E-state index contributed by atoms with van der Waals surface area (Å²) in [5, 5.41) is 7.45. The van der Waals surface area contributed by atoms with Gasteiger partial charge in [-0.05, 0) is 55.2 Å². The molecule has 22 heavy (non-hydrogen) atoms. The molecule has 1 N–H and O–H groups in total. The highest BCUT2D eigenvalue weighted by Gasteiger charge is 2.44. The second-order valence-electron chi connectivity index (χ2n) is 6.15. The molecule has 2 saturated heterocycles. The lowest BCUT2D eigenvalue weighted by Gasteiger charge is -2.43. The van der Waals surface area contributed by atoms with Crippen LogP contribution in [0.4, 0.5) is 0 Å². The molecule has 0 saturated carbocycles. The Morgan fingerprint density at radius 3 is 2.86 bits per heavy atom. The molecule has 0 radical (unpaired) electrons. The second-order valence-corrected chi connectivity index (χ2v) is 6.93. The number of thiophene rings is 1. The Bertz CT molecular complexity index is 499. The van der Waals surface area contributed by atoms with Crippen LogP contribution < -0.4 is 5.32 Å². The summed E-state index contributed by atoms with van der Waals surface area (Å²) in [4.78, 5) is 15.0. The number of ether oxygens (including phenoxy) is 2. The normalized spacial score (nSPS) is 28.5. The molecular weight excluding hydrogens is 300 g/mol. The molecule has 0 aliphatic carbocycles. The maximum Gasteiger partial charge on any atom is 0.255 e.